The molecule has 3 rings (SSSR count). The highest BCUT2D eigenvalue weighted by Gasteiger charge is 2.13. The van der Waals surface area contributed by atoms with Crippen LogP contribution >= 0.6 is 0 Å². The van der Waals surface area contributed by atoms with E-state index in [2.05, 4.69) is 10.1 Å². The monoisotopic (exact) mass is 366 g/mol. The lowest BCUT2D eigenvalue weighted by atomic mass is 10.1. The normalized spacial score (nSPS) is 11.2. The quantitative estimate of drug-likeness (QED) is 0.418. The molecule has 0 aliphatic heterocycles. The van der Waals surface area contributed by atoms with Crippen molar-refractivity contribution in [3.8, 4) is 11.4 Å². The van der Waals surface area contributed by atoms with Crippen LogP contribution in [-0.2, 0) is 0 Å². The van der Waals surface area contributed by atoms with Crippen molar-refractivity contribution in [2.45, 2.75) is 20.8 Å². The van der Waals surface area contributed by atoms with E-state index in [1.807, 2.05) is 32.0 Å². The minimum Gasteiger partial charge on any atom is -0.505 e. The zero-order valence-electron chi connectivity index (χ0n) is 15.1. The fourth-order valence-corrected chi connectivity index (χ4v) is 2.63. The smallest absolute Gasteiger partial charge is 0.280 e. The third-order valence-electron chi connectivity index (χ3n) is 4.37. The summed E-state index contributed by atoms with van der Waals surface area (Å²) in [6.45, 7) is 5.71. The third-order valence-corrected chi connectivity index (χ3v) is 4.37. The Labute approximate surface area is 154 Å². The van der Waals surface area contributed by atoms with Crippen molar-refractivity contribution in [3.05, 3.63) is 79.3 Å². The lowest BCUT2D eigenvalue weighted by Crippen LogP contribution is -2.17. The van der Waals surface area contributed by atoms with Gasteiger partial charge in [0, 0.05) is 18.0 Å². The number of benzene rings is 2. The Hall–Kier alpha value is -3.68. The maximum absolute atomic E-state index is 12.7. The number of hydrogen-bond acceptors (Lipinski definition) is 5. The fourth-order valence-electron chi connectivity index (χ4n) is 2.63. The van der Waals surface area contributed by atoms with Crippen molar-refractivity contribution in [2.75, 3.05) is 0 Å². The number of H-pyrrole nitrogens is 1. The molecule has 2 aromatic carbocycles. The van der Waals surface area contributed by atoms with Gasteiger partial charge >= 0.3 is 0 Å². The molecule has 0 atom stereocenters. The molecule has 0 saturated carbocycles. The number of nitrogens with zero attached hydrogens (tertiary/aromatic N) is 3. The maximum atomic E-state index is 12.7. The van der Waals surface area contributed by atoms with Crippen LogP contribution in [-0.4, -0.2) is 26.0 Å². The Morgan fingerprint density at radius 1 is 1.15 bits per heavy atom. The molecule has 2 N–H and O–H groups in total. The van der Waals surface area contributed by atoms with Gasteiger partial charge in [-0.3, -0.25) is 25.0 Å². The summed E-state index contributed by atoms with van der Waals surface area (Å²) in [6.07, 6.45) is 1.34. The molecule has 0 fully saturated rings. The molecular formula is C19H18N4O4. The Kier molecular flexibility index (Phi) is 4.64. The number of phenolic OH excluding ortho intramolecular Hbond substituents is 1. The second kappa shape index (κ2) is 6.91. The molecule has 1 heterocycles. The van der Waals surface area contributed by atoms with Crippen molar-refractivity contribution in [1.29, 1.82) is 0 Å². The summed E-state index contributed by atoms with van der Waals surface area (Å²) in [4.78, 5) is 26.9. The van der Waals surface area contributed by atoms with Crippen molar-refractivity contribution >= 4 is 17.6 Å². The van der Waals surface area contributed by atoms with Gasteiger partial charge in [0.2, 0.25) is 0 Å². The number of nitro groups is 1. The molecule has 0 amide bonds. The summed E-state index contributed by atoms with van der Waals surface area (Å²) in [6, 6.07) is 9.29. The van der Waals surface area contributed by atoms with Crippen LogP contribution in [0.4, 0.5) is 11.4 Å². The largest absolute Gasteiger partial charge is 0.505 e. The molecule has 27 heavy (non-hydrogen) atoms. The van der Waals surface area contributed by atoms with E-state index in [-0.39, 0.29) is 22.7 Å². The van der Waals surface area contributed by atoms with Gasteiger partial charge in [-0.25, -0.2) is 4.68 Å². The number of aliphatic imine (C=N–C) groups is 1. The first-order valence-electron chi connectivity index (χ1n) is 8.18. The second-order valence-electron chi connectivity index (χ2n) is 6.25. The zero-order valence-corrected chi connectivity index (χ0v) is 15.1. The van der Waals surface area contributed by atoms with Crippen molar-refractivity contribution in [3.63, 3.8) is 0 Å². The van der Waals surface area contributed by atoms with E-state index in [1.54, 1.807) is 6.92 Å². The van der Waals surface area contributed by atoms with Gasteiger partial charge in [-0.1, -0.05) is 6.07 Å². The molecule has 8 heteroatoms. The van der Waals surface area contributed by atoms with Crippen molar-refractivity contribution in [1.82, 2.24) is 9.78 Å². The van der Waals surface area contributed by atoms with Gasteiger partial charge in [0.25, 0.3) is 11.2 Å². The molecule has 0 bridgehead atoms. The number of aryl methyl sites for hydroxylation is 3. The molecule has 0 radical (unpaired) electrons. The van der Waals surface area contributed by atoms with Gasteiger partial charge in [0.15, 0.2) is 0 Å². The number of non-ortho nitro benzene ring substituents is 1. The van der Waals surface area contributed by atoms with Crippen LogP contribution in [0.15, 0.2) is 46.2 Å². The number of nitrogens with one attached hydrogen (secondary N) is 1. The van der Waals surface area contributed by atoms with Crippen LogP contribution in [0.1, 0.15) is 22.4 Å². The summed E-state index contributed by atoms with van der Waals surface area (Å²) in [5.74, 6) is -0.330. The van der Waals surface area contributed by atoms with E-state index in [1.165, 1.54) is 23.0 Å². The number of aromatic hydroxyl groups is 1. The summed E-state index contributed by atoms with van der Waals surface area (Å²) in [5, 5.41) is 23.6. The number of nitro benzene ring substituents is 1. The number of hydrogen-bond donors (Lipinski definition) is 2. The molecule has 0 spiro atoms. The summed E-state index contributed by atoms with van der Waals surface area (Å²) in [7, 11) is 0. The summed E-state index contributed by atoms with van der Waals surface area (Å²) >= 11 is 0. The highest BCUT2D eigenvalue weighted by molar-refractivity contribution is 5.83. The van der Waals surface area contributed by atoms with Gasteiger partial charge in [0.1, 0.15) is 11.4 Å². The van der Waals surface area contributed by atoms with Gasteiger partial charge in [-0.05, 0) is 50.1 Å². The minimum atomic E-state index is -0.605. The molecule has 0 aliphatic rings. The average molecular weight is 366 g/mol. The van der Waals surface area contributed by atoms with Crippen LogP contribution in [0, 0.1) is 30.9 Å². The lowest BCUT2D eigenvalue weighted by Gasteiger charge is -2.05. The van der Waals surface area contributed by atoms with Crippen molar-refractivity contribution in [2.24, 2.45) is 4.99 Å². The van der Waals surface area contributed by atoms with Gasteiger partial charge in [-0.15, -0.1) is 0 Å². The Morgan fingerprint density at radius 3 is 2.52 bits per heavy atom. The van der Waals surface area contributed by atoms with Crippen LogP contribution in [0.3, 0.4) is 0 Å². The van der Waals surface area contributed by atoms with Crippen LogP contribution in [0.5, 0.6) is 5.75 Å². The first-order valence-corrected chi connectivity index (χ1v) is 8.18. The fraction of sp³-hybridized carbons (Fsp3) is 0.158. The molecule has 1 aromatic heterocycles. The van der Waals surface area contributed by atoms with Crippen LogP contribution in [0.2, 0.25) is 0 Å². The van der Waals surface area contributed by atoms with E-state index in [9.17, 15) is 20.0 Å². The molecule has 138 valence electrons. The first kappa shape index (κ1) is 18.1. The molecule has 0 saturated heterocycles. The third kappa shape index (κ3) is 3.50. The Morgan fingerprint density at radius 2 is 1.89 bits per heavy atom. The standard InChI is InChI=1S/C19H18N4O4/c1-11-4-5-14(8-12(11)2)22-19(25)16(13(3)21-22)10-20-17-7-6-15(23(26)27)9-18(17)24/h4-10,21,24H,1-3H3. The SMILES string of the molecule is Cc1ccc(-n2[nH]c(C)c(C=Nc3ccc([N+](=O)[O-])cc3O)c2=O)cc1C. The van der Waals surface area contributed by atoms with E-state index >= 15 is 0 Å². The van der Waals surface area contributed by atoms with E-state index in [4.69, 9.17) is 0 Å². The topological polar surface area (TPSA) is 114 Å². The first-order chi connectivity index (χ1) is 12.8. The predicted octanol–water partition coefficient (Wildman–Crippen LogP) is 3.46. The lowest BCUT2D eigenvalue weighted by molar-refractivity contribution is -0.384. The van der Waals surface area contributed by atoms with Gasteiger partial charge in [-0.2, -0.15) is 0 Å². The van der Waals surface area contributed by atoms with Gasteiger partial charge in [0.05, 0.1) is 22.2 Å². The molecule has 0 unspecified atom stereocenters. The molecule has 8 nitrogen and oxygen atoms in total. The Balaban J connectivity index is 1.98. The van der Waals surface area contributed by atoms with E-state index in [0.29, 0.717) is 16.9 Å². The van der Waals surface area contributed by atoms with Crippen LogP contribution < -0.4 is 5.56 Å². The molecular weight excluding hydrogens is 348 g/mol. The predicted molar refractivity (Wildman–Crippen MR) is 103 cm³/mol. The summed E-state index contributed by atoms with van der Waals surface area (Å²) in [5.41, 5.74) is 3.49. The number of phenols is 1. The Bertz CT molecular complexity index is 1130. The van der Waals surface area contributed by atoms with Gasteiger partial charge < -0.3 is 5.11 Å². The summed E-state index contributed by atoms with van der Waals surface area (Å²) < 4.78 is 1.43. The molecule has 0 aliphatic carbocycles. The second-order valence-corrected chi connectivity index (χ2v) is 6.25. The van der Waals surface area contributed by atoms with Crippen LogP contribution in [0.25, 0.3) is 5.69 Å². The molecule has 3 aromatic rings. The van der Waals surface area contributed by atoms with E-state index < -0.39 is 4.92 Å². The minimum absolute atomic E-state index is 0.137. The number of aromatic nitrogens is 2. The highest BCUT2D eigenvalue weighted by atomic mass is 16.6. The number of rotatable bonds is 4. The zero-order chi connectivity index (χ0) is 19.7. The van der Waals surface area contributed by atoms with Crippen molar-refractivity contribution < 1.29 is 10.0 Å². The maximum Gasteiger partial charge on any atom is 0.280 e. The average Bonchev–Trinajstić information content (AvgIpc) is 2.90. The van der Waals surface area contributed by atoms with E-state index in [0.717, 1.165) is 17.2 Å². The number of aromatic amines is 1. The highest BCUT2D eigenvalue weighted by Crippen LogP contribution is 2.30.